The van der Waals surface area contributed by atoms with Crippen LogP contribution in [-0.4, -0.2) is 92.6 Å². The molecule has 0 aliphatic heterocycles. The first-order valence-corrected chi connectivity index (χ1v) is 16.8. The Hall–Kier alpha value is -2.11. The summed E-state index contributed by atoms with van der Waals surface area (Å²) in [6, 6.07) is 21.2. The van der Waals surface area contributed by atoms with Gasteiger partial charge in [-0.1, -0.05) is 81.4 Å². The number of rotatable bonds is 21. The number of hydrogen-bond donors (Lipinski definition) is 0. The number of esters is 1. The minimum Gasteiger partial charge on any atom is -0.460 e. The van der Waals surface area contributed by atoms with Crippen molar-refractivity contribution in [2.45, 2.75) is 58.6 Å². The molecule has 42 heavy (non-hydrogen) atoms. The normalized spacial score (nSPS) is 12.4. The van der Waals surface area contributed by atoms with Crippen LogP contribution >= 0.6 is 0 Å². The van der Waals surface area contributed by atoms with E-state index in [-0.39, 0.29) is 17.4 Å². The molecule has 0 radical (unpaired) electrons. The molecule has 0 unspecified atom stereocenters. The van der Waals surface area contributed by atoms with Crippen molar-refractivity contribution < 1.29 is 37.6 Å². The van der Waals surface area contributed by atoms with Gasteiger partial charge in [0, 0.05) is 0 Å². The molecular formula is C33H52O8Si. The van der Waals surface area contributed by atoms with Gasteiger partial charge >= 0.3 is 5.97 Å². The van der Waals surface area contributed by atoms with E-state index in [1.54, 1.807) is 0 Å². The van der Waals surface area contributed by atoms with Gasteiger partial charge in [0.15, 0.2) is 0 Å². The van der Waals surface area contributed by atoms with Crippen molar-refractivity contribution in [3.8, 4) is 0 Å². The molecule has 0 aromatic heterocycles. The molecule has 0 saturated carbocycles. The van der Waals surface area contributed by atoms with Gasteiger partial charge in [0.1, 0.15) is 5.60 Å². The van der Waals surface area contributed by atoms with E-state index in [2.05, 4.69) is 81.4 Å². The van der Waals surface area contributed by atoms with Crippen molar-refractivity contribution in [3.63, 3.8) is 0 Å². The first-order valence-electron chi connectivity index (χ1n) is 14.9. The summed E-state index contributed by atoms with van der Waals surface area (Å²) < 4.78 is 39.9. The summed E-state index contributed by atoms with van der Waals surface area (Å²) in [7, 11) is -2.53. The van der Waals surface area contributed by atoms with Crippen LogP contribution in [0.2, 0.25) is 5.04 Å². The third kappa shape index (κ3) is 13.5. The molecule has 2 aromatic carbocycles. The van der Waals surface area contributed by atoms with Crippen LogP contribution in [-0.2, 0) is 37.6 Å². The third-order valence-corrected chi connectivity index (χ3v) is 11.4. The van der Waals surface area contributed by atoms with Gasteiger partial charge in [-0.3, -0.25) is 4.79 Å². The van der Waals surface area contributed by atoms with Crippen molar-refractivity contribution in [1.29, 1.82) is 0 Å². The van der Waals surface area contributed by atoms with Crippen molar-refractivity contribution in [2.75, 3.05) is 72.7 Å². The molecule has 8 nitrogen and oxygen atoms in total. The van der Waals surface area contributed by atoms with Gasteiger partial charge in [0.05, 0.1) is 79.1 Å². The maximum atomic E-state index is 11.6. The molecule has 236 valence electrons. The molecule has 0 saturated heterocycles. The number of benzene rings is 2. The average Bonchev–Trinajstić information content (AvgIpc) is 2.94. The lowest BCUT2D eigenvalue weighted by molar-refractivity contribution is -0.156. The van der Waals surface area contributed by atoms with Crippen LogP contribution in [0.5, 0.6) is 0 Å². The highest BCUT2D eigenvalue weighted by atomic mass is 28.4. The number of carbonyl (C=O) groups is 1. The Morgan fingerprint density at radius 1 is 0.548 bits per heavy atom. The molecule has 0 bridgehead atoms. The maximum Gasteiger partial charge on any atom is 0.308 e. The number of hydrogen-bond acceptors (Lipinski definition) is 8. The molecule has 0 N–H and O–H groups in total. The lowest BCUT2D eigenvalue weighted by Crippen LogP contribution is -2.66. The topological polar surface area (TPSA) is 81.7 Å². The van der Waals surface area contributed by atoms with Crippen LogP contribution in [0.4, 0.5) is 0 Å². The van der Waals surface area contributed by atoms with E-state index in [0.29, 0.717) is 72.7 Å². The van der Waals surface area contributed by atoms with Crippen LogP contribution < -0.4 is 10.4 Å². The fourth-order valence-electron chi connectivity index (χ4n) is 4.55. The fraction of sp³-hybridized carbons (Fsp3) is 0.606. The summed E-state index contributed by atoms with van der Waals surface area (Å²) in [6.45, 7) is 17.5. The second kappa shape index (κ2) is 19.2. The Kier molecular flexibility index (Phi) is 16.5. The Bertz CT molecular complexity index is 934. The highest BCUT2D eigenvalue weighted by Gasteiger charge is 2.50. The molecule has 0 fully saturated rings. The third-order valence-electron chi connectivity index (χ3n) is 6.32. The summed E-state index contributed by atoms with van der Waals surface area (Å²) in [5, 5.41) is 2.48. The quantitative estimate of drug-likeness (QED) is 0.118. The largest absolute Gasteiger partial charge is 0.460 e. The van der Waals surface area contributed by atoms with Gasteiger partial charge in [-0.05, 0) is 36.2 Å². The Morgan fingerprint density at radius 2 is 0.905 bits per heavy atom. The van der Waals surface area contributed by atoms with Crippen LogP contribution in [0.15, 0.2) is 60.7 Å². The smallest absolute Gasteiger partial charge is 0.308 e. The lowest BCUT2D eigenvalue weighted by atomic mass is 10.2. The Labute approximate surface area is 254 Å². The first-order chi connectivity index (χ1) is 20.1. The average molecular weight is 605 g/mol. The predicted molar refractivity (Wildman–Crippen MR) is 168 cm³/mol. The fourth-order valence-corrected chi connectivity index (χ4v) is 9.09. The maximum absolute atomic E-state index is 11.6. The Balaban J connectivity index is 1.52. The summed E-state index contributed by atoms with van der Waals surface area (Å²) in [6.07, 6.45) is 0.237. The van der Waals surface area contributed by atoms with Crippen molar-refractivity contribution >= 4 is 24.7 Å². The van der Waals surface area contributed by atoms with Crippen molar-refractivity contribution in [2.24, 2.45) is 0 Å². The second-order valence-corrected chi connectivity index (χ2v) is 16.2. The van der Waals surface area contributed by atoms with Gasteiger partial charge in [0.2, 0.25) is 0 Å². The molecule has 9 heteroatoms. The van der Waals surface area contributed by atoms with Gasteiger partial charge < -0.3 is 32.8 Å². The van der Waals surface area contributed by atoms with Crippen molar-refractivity contribution in [1.82, 2.24) is 0 Å². The standard InChI is InChI=1S/C33H52O8Si/c1-32(2,3)41-31(34)17-18-35-19-20-36-21-22-37-23-24-38-25-26-39-27-28-40-42(33(4,5)6,29-13-9-7-10-14-29)30-15-11-8-12-16-30/h7-16H,17-28H2,1-6H3. The lowest BCUT2D eigenvalue weighted by Gasteiger charge is -2.43. The summed E-state index contributed by atoms with van der Waals surface area (Å²) in [4.78, 5) is 11.6. The minimum absolute atomic E-state index is 0.0547. The van der Waals surface area contributed by atoms with Crippen LogP contribution in [0, 0.1) is 0 Å². The van der Waals surface area contributed by atoms with Crippen LogP contribution in [0.25, 0.3) is 0 Å². The zero-order valence-corrected chi connectivity index (χ0v) is 27.5. The summed E-state index contributed by atoms with van der Waals surface area (Å²) in [5.41, 5.74) is -0.470. The van der Waals surface area contributed by atoms with Gasteiger partial charge in [0.25, 0.3) is 8.32 Å². The monoisotopic (exact) mass is 604 g/mol. The number of ether oxygens (including phenoxy) is 6. The van der Waals surface area contributed by atoms with Gasteiger partial charge in [-0.2, -0.15) is 0 Å². The van der Waals surface area contributed by atoms with Crippen molar-refractivity contribution in [3.05, 3.63) is 60.7 Å². The number of carbonyl (C=O) groups excluding carboxylic acids is 1. The van der Waals surface area contributed by atoms with Crippen LogP contribution in [0.1, 0.15) is 48.0 Å². The molecule has 0 spiro atoms. The molecule has 2 aromatic rings. The van der Waals surface area contributed by atoms with E-state index < -0.39 is 13.9 Å². The van der Waals surface area contributed by atoms with E-state index in [9.17, 15) is 4.79 Å². The van der Waals surface area contributed by atoms with Gasteiger partial charge in [-0.25, -0.2) is 0 Å². The molecule has 0 amide bonds. The zero-order valence-electron chi connectivity index (χ0n) is 26.5. The van der Waals surface area contributed by atoms with Crippen LogP contribution in [0.3, 0.4) is 0 Å². The summed E-state index contributed by atoms with van der Waals surface area (Å²) >= 11 is 0. The van der Waals surface area contributed by atoms with E-state index in [1.165, 1.54) is 10.4 Å². The second-order valence-electron chi connectivity index (χ2n) is 11.9. The molecular weight excluding hydrogens is 552 g/mol. The van der Waals surface area contributed by atoms with E-state index in [0.717, 1.165) is 0 Å². The predicted octanol–water partition coefficient (Wildman–Crippen LogP) is 4.38. The van der Waals surface area contributed by atoms with Gasteiger partial charge in [-0.15, -0.1) is 0 Å². The van der Waals surface area contributed by atoms with E-state index in [1.807, 2.05) is 20.8 Å². The molecule has 2 rings (SSSR count). The summed E-state index contributed by atoms with van der Waals surface area (Å²) in [5.74, 6) is -0.258. The Morgan fingerprint density at radius 3 is 1.26 bits per heavy atom. The highest BCUT2D eigenvalue weighted by molar-refractivity contribution is 6.99. The van der Waals surface area contributed by atoms with E-state index >= 15 is 0 Å². The first kappa shape index (κ1) is 36.1. The molecule has 0 atom stereocenters. The SMILES string of the molecule is CC(C)(C)OC(=O)CCOCCOCCOCCOCCOCCO[Si](c1ccccc1)(c1ccccc1)C(C)(C)C. The molecule has 0 aliphatic rings. The highest BCUT2D eigenvalue weighted by Crippen LogP contribution is 2.36. The molecule has 0 aliphatic carbocycles. The zero-order chi connectivity index (χ0) is 30.7. The van der Waals surface area contributed by atoms with E-state index in [4.69, 9.17) is 32.8 Å². The molecule has 0 heterocycles. The minimum atomic E-state index is -2.53.